The molecule has 0 spiro atoms. The molecular formula is C18H21Cl2N. The highest BCUT2D eigenvalue weighted by atomic mass is 35.5. The van der Waals surface area contributed by atoms with E-state index in [-0.39, 0.29) is 6.04 Å². The van der Waals surface area contributed by atoms with Gasteiger partial charge in [0.1, 0.15) is 0 Å². The third-order valence-corrected chi connectivity index (χ3v) is 4.33. The second-order valence-corrected chi connectivity index (χ2v) is 6.43. The maximum atomic E-state index is 6.26. The van der Waals surface area contributed by atoms with Crippen LogP contribution in [0.1, 0.15) is 36.6 Å². The van der Waals surface area contributed by atoms with Crippen LogP contribution in [0, 0.1) is 6.92 Å². The molecule has 112 valence electrons. The lowest BCUT2D eigenvalue weighted by Gasteiger charge is -2.22. The molecule has 0 amide bonds. The average Bonchev–Trinajstić information content (AvgIpc) is 2.44. The molecule has 3 heteroatoms. The second kappa shape index (κ2) is 7.31. The zero-order valence-electron chi connectivity index (χ0n) is 12.7. The molecule has 0 aliphatic carbocycles. The van der Waals surface area contributed by atoms with Gasteiger partial charge >= 0.3 is 0 Å². The minimum Gasteiger partial charge on any atom is -0.307 e. The topological polar surface area (TPSA) is 12.0 Å². The summed E-state index contributed by atoms with van der Waals surface area (Å²) in [5.41, 5.74) is 3.75. The number of halogens is 2. The third-order valence-electron chi connectivity index (χ3n) is 3.75. The molecule has 1 N–H and O–H groups in total. The molecule has 0 heterocycles. The molecule has 0 saturated heterocycles. The fraction of sp³-hybridized carbons (Fsp3) is 0.333. The maximum Gasteiger partial charge on any atom is 0.0454 e. The molecule has 2 rings (SSSR count). The molecule has 0 fully saturated rings. The number of nitrogens with one attached hydrogen (secondary N) is 1. The van der Waals surface area contributed by atoms with Crippen molar-refractivity contribution in [3.63, 3.8) is 0 Å². The first-order valence-electron chi connectivity index (χ1n) is 7.23. The molecule has 2 unspecified atom stereocenters. The molecule has 0 radical (unpaired) electrons. The van der Waals surface area contributed by atoms with Crippen LogP contribution < -0.4 is 5.32 Å². The lowest BCUT2D eigenvalue weighted by molar-refractivity contribution is 0.477. The Labute approximate surface area is 137 Å². The number of benzene rings is 2. The summed E-state index contributed by atoms with van der Waals surface area (Å²) in [4.78, 5) is 0. The molecule has 1 nitrogen and oxygen atoms in total. The van der Waals surface area contributed by atoms with Crippen LogP contribution in [0.4, 0.5) is 0 Å². The number of rotatable bonds is 5. The van der Waals surface area contributed by atoms with Crippen molar-refractivity contribution in [2.75, 3.05) is 0 Å². The first kappa shape index (κ1) is 16.4. The maximum absolute atomic E-state index is 6.26. The Kier molecular flexibility index (Phi) is 5.69. The smallest absolute Gasteiger partial charge is 0.0454 e. The monoisotopic (exact) mass is 321 g/mol. The Bertz CT molecular complexity index is 610. The van der Waals surface area contributed by atoms with Gasteiger partial charge in [-0.3, -0.25) is 0 Å². The van der Waals surface area contributed by atoms with Crippen LogP contribution in [0.3, 0.4) is 0 Å². The van der Waals surface area contributed by atoms with Gasteiger partial charge in [-0.05, 0) is 62.1 Å². The van der Waals surface area contributed by atoms with Crippen LogP contribution in [0.2, 0.25) is 10.0 Å². The fourth-order valence-electron chi connectivity index (χ4n) is 2.59. The molecule has 0 aliphatic heterocycles. The summed E-state index contributed by atoms with van der Waals surface area (Å²) in [5, 5.41) is 5.07. The van der Waals surface area contributed by atoms with E-state index in [0.717, 1.165) is 22.0 Å². The van der Waals surface area contributed by atoms with Crippen molar-refractivity contribution < 1.29 is 0 Å². The van der Waals surface area contributed by atoms with E-state index in [1.807, 2.05) is 18.2 Å². The Balaban J connectivity index is 2.04. The van der Waals surface area contributed by atoms with E-state index in [1.54, 1.807) is 0 Å². The van der Waals surface area contributed by atoms with E-state index in [9.17, 15) is 0 Å². The fourth-order valence-corrected chi connectivity index (χ4v) is 3.05. The quantitative estimate of drug-likeness (QED) is 0.757. The lowest BCUT2D eigenvalue weighted by Crippen LogP contribution is -2.31. The first-order chi connectivity index (χ1) is 9.97. The highest BCUT2D eigenvalue weighted by molar-refractivity contribution is 6.33. The van der Waals surface area contributed by atoms with E-state index in [0.29, 0.717) is 6.04 Å². The van der Waals surface area contributed by atoms with Gasteiger partial charge in [-0.1, -0.05) is 47.5 Å². The Morgan fingerprint density at radius 3 is 2.48 bits per heavy atom. The van der Waals surface area contributed by atoms with Crippen molar-refractivity contribution in [1.29, 1.82) is 0 Å². The van der Waals surface area contributed by atoms with Crippen LogP contribution in [0.5, 0.6) is 0 Å². The number of aryl methyl sites for hydroxylation is 1. The molecule has 0 bridgehead atoms. The second-order valence-electron chi connectivity index (χ2n) is 5.59. The van der Waals surface area contributed by atoms with Crippen molar-refractivity contribution in [2.45, 2.75) is 39.3 Å². The van der Waals surface area contributed by atoms with Gasteiger partial charge in [0.2, 0.25) is 0 Å². The number of hydrogen-bond donors (Lipinski definition) is 1. The van der Waals surface area contributed by atoms with Gasteiger partial charge in [-0.25, -0.2) is 0 Å². The van der Waals surface area contributed by atoms with Crippen LogP contribution >= 0.6 is 23.2 Å². The van der Waals surface area contributed by atoms with E-state index >= 15 is 0 Å². The minimum absolute atomic E-state index is 0.162. The van der Waals surface area contributed by atoms with E-state index < -0.39 is 0 Å². The van der Waals surface area contributed by atoms with Gasteiger partial charge in [-0.15, -0.1) is 0 Å². The van der Waals surface area contributed by atoms with Crippen LogP contribution in [0.15, 0.2) is 42.5 Å². The Morgan fingerprint density at radius 2 is 1.76 bits per heavy atom. The van der Waals surface area contributed by atoms with Gasteiger partial charge in [0.25, 0.3) is 0 Å². The molecular weight excluding hydrogens is 301 g/mol. The van der Waals surface area contributed by atoms with Crippen LogP contribution in [-0.2, 0) is 6.42 Å². The third kappa shape index (κ3) is 4.47. The summed E-state index contributed by atoms with van der Waals surface area (Å²) in [5.74, 6) is 0. The van der Waals surface area contributed by atoms with E-state index in [2.05, 4.69) is 50.4 Å². The Morgan fingerprint density at radius 1 is 1.05 bits per heavy atom. The highest BCUT2D eigenvalue weighted by Crippen LogP contribution is 2.26. The van der Waals surface area contributed by atoms with Crippen molar-refractivity contribution >= 4 is 23.2 Å². The lowest BCUT2D eigenvalue weighted by atomic mass is 10.0. The largest absolute Gasteiger partial charge is 0.307 e. The molecule has 0 aliphatic rings. The molecule has 21 heavy (non-hydrogen) atoms. The first-order valence-corrected chi connectivity index (χ1v) is 7.98. The average molecular weight is 322 g/mol. The normalized spacial score (nSPS) is 14.0. The number of hydrogen-bond acceptors (Lipinski definition) is 1. The predicted octanol–water partition coefficient (Wildman–Crippen LogP) is 5.58. The van der Waals surface area contributed by atoms with Crippen LogP contribution in [-0.4, -0.2) is 6.04 Å². The summed E-state index contributed by atoms with van der Waals surface area (Å²) < 4.78 is 0. The van der Waals surface area contributed by atoms with Gasteiger partial charge in [0.15, 0.2) is 0 Å². The van der Waals surface area contributed by atoms with Gasteiger partial charge in [0, 0.05) is 22.1 Å². The SMILES string of the molecule is Cc1ccccc1CC(C)NC(C)c1cc(Cl)ccc1Cl. The molecule has 2 aromatic rings. The van der Waals surface area contributed by atoms with Crippen LogP contribution in [0.25, 0.3) is 0 Å². The summed E-state index contributed by atoms with van der Waals surface area (Å²) in [6.07, 6.45) is 0.995. The minimum atomic E-state index is 0.162. The predicted molar refractivity (Wildman–Crippen MR) is 92.4 cm³/mol. The molecule has 0 aromatic heterocycles. The van der Waals surface area contributed by atoms with Gasteiger partial charge in [-0.2, -0.15) is 0 Å². The zero-order valence-corrected chi connectivity index (χ0v) is 14.2. The highest BCUT2D eigenvalue weighted by Gasteiger charge is 2.14. The van der Waals surface area contributed by atoms with Gasteiger partial charge < -0.3 is 5.32 Å². The Hall–Kier alpha value is -1.02. The van der Waals surface area contributed by atoms with Crippen molar-refractivity contribution in [3.8, 4) is 0 Å². The van der Waals surface area contributed by atoms with Crippen molar-refractivity contribution in [2.24, 2.45) is 0 Å². The van der Waals surface area contributed by atoms with E-state index in [4.69, 9.17) is 23.2 Å². The molecule has 2 atom stereocenters. The van der Waals surface area contributed by atoms with Gasteiger partial charge in [0.05, 0.1) is 0 Å². The summed E-state index contributed by atoms with van der Waals surface area (Å²) >= 11 is 12.3. The summed E-state index contributed by atoms with van der Waals surface area (Å²) in [6, 6.07) is 14.6. The van der Waals surface area contributed by atoms with Crippen molar-refractivity contribution in [1.82, 2.24) is 5.32 Å². The standard InChI is InChI=1S/C18H21Cl2N/c1-12-6-4-5-7-15(12)10-13(2)21-14(3)17-11-16(19)8-9-18(17)20/h4-9,11,13-14,21H,10H2,1-3H3. The summed E-state index contributed by atoms with van der Waals surface area (Å²) in [7, 11) is 0. The summed E-state index contributed by atoms with van der Waals surface area (Å²) in [6.45, 7) is 6.46. The zero-order chi connectivity index (χ0) is 15.4. The van der Waals surface area contributed by atoms with Crippen molar-refractivity contribution in [3.05, 3.63) is 69.2 Å². The van der Waals surface area contributed by atoms with E-state index in [1.165, 1.54) is 11.1 Å². The molecule has 2 aromatic carbocycles. The molecule has 0 saturated carbocycles.